The smallest absolute Gasteiger partial charge is 0.433 e. The van der Waals surface area contributed by atoms with Crippen LogP contribution in [-0.4, -0.2) is 22.0 Å². The molecule has 1 unspecified atom stereocenters. The van der Waals surface area contributed by atoms with Crippen molar-refractivity contribution < 1.29 is 27.9 Å². The van der Waals surface area contributed by atoms with Crippen LogP contribution in [-0.2, 0) is 15.8 Å². The number of alkyl halides is 3. The number of nitrogens with zero attached hydrogens (tertiary/aromatic N) is 1. The highest BCUT2D eigenvalue weighted by Gasteiger charge is 2.32. The second-order valence-corrected chi connectivity index (χ2v) is 3.45. The van der Waals surface area contributed by atoms with E-state index < -0.39 is 29.8 Å². The molecule has 8 heteroatoms. The van der Waals surface area contributed by atoms with Crippen LogP contribution < -0.4 is 5.32 Å². The van der Waals surface area contributed by atoms with E-state index in [0.717, 1.165) is 19.2 Å². The van der Waals surface area contributed by atoms with Crippen molar-refractivity contribution in [2.24, 2.45) is 0 Å². The summed E-state index contributed by atoms with van der Waals surface area (Å²) >= 11 is 0. The Morgan fingerprint density at radius 3 is 2.33 bits per heavy atom. The molecule has 1 amide bonds. The third kappa shape index (κ3) is 3.44. The monoisotopic (exact) mass is 262 g/mol. The molecule has 2 N–H and O–H groups in total. The highest BCUT2D eigenvalue weighted by atomic mass is 19.4. The Bertz CT molecular complexity index is 456. The van der Waals surface area contributed by atoms with Crippen LogP contribution in [0.5, 0.6) is 0 Å². The Hall–Kier alpha value is -2.12. The van der Waals surface area contributed by atoms with Gasteiger partial charge in [0.1, 0.15) is 5.69 Å². The molecule has 1 atom stereocenters. The lowest BCUT2D eigenvalue weighted by atomic mass is 10.1. The van der Waals surface area contributed by atoms with Crippen molar-refractivity contribution in [1.29, 1.82) is 0 Å². The number of aromatic nitrogens is 1. The summed E-state index contributed by atoms with van der Waals surface area (Å²) in [7, 11) is 0. The van der Waals surface area contributed by atoms with Crippen LogP contribution >= 0.6 is 0 Å². The third-order valence-corrected chi connectivity index (χ3v) is 2.00. The maximum Gasteiger partial charge on any atom is 0.433 e. The van der Waals surface area contributed by atoms with Crippen molar-refractivity contribution in [3.05, 3.63) is 29.6 Å². The summed E-state index contributed by atoms with van der Waals surface area (Å²) in [4.78, 5) is 24.8. The molecule has 1 aromatic rings. The molecule has 0 fully saturated rings. The third-order valence-electron chi connectivity index (χ3n) is 2.00. The first-order valence-corrected chi connectivity index (χ1v) is 4.75. The number of carboxylic acids is 1. The van der Waals surface area contributed by atoms with Gasteiger partial charge in [-0.25, -0.2) is 4.79 Å². The molecule has 18 heavy (non-hydrogen) atoms. The number of carbonyl (C=O) groups excluding carboxylic acids is 1. The number of pyridine rings is 1. The predicted molar refractivity (Wildman–Crippen MR) is 53.4 cm³/mol. The maximum atomic E-state index is 12.2. The standard InChI is InChI=1S/C10H9F3N2O3/c1-5(16)15-8(9(17)18)6-2-3-7(14-4-6)10(11,12)13/h2-4,8H,1H3,(H,15,16)(H,17,18). The largest absolute Gasteiger partial charge is 0.479 e. The lowest BCUT2D eigenvalue weighted by Crippen LogP contribution is -2.32. The lowest BCUT2D eigenvalue weighted by molar-refractivity contribution is -0.141. The Balaban J connectivity index is 3.01. The fourth-order valence-electron chi connectivity index (χ4n) is 1.23. The van der Waals surface area contributed by atoms with E-state index in [-0.39, 0.29) is 5.56 Å². The number of aliphatic carboxylic acids is 1. The minimum absolute atomic E-state index is 0.0364. The van der Waals surface area contributed by atoms with E-state index in [4.69, 9.17) is 5.11 Å². The van der Waals surface area contributed by atoms with Gasteiger partial charge in [-0.3, -0.25) is 9.78 Å². The SMILES string of the molecule is CC(=O)NC(C(=O)O)c1ccc(C(F)(F)F)nc1. The van der Waals surface area contributed by atoms with Crippen LogP contribution in [0.15, 0.2) is 18.3 Å². The summed E-state index contributed by atoms with van der Waals surface area (Å²) in [6, 6.07) is 0.203. The van der Waals surface area contributed by atoms with E-state index in [0.29, 0.717) is 6.07 Å². The number of amides is 1. The molecule has 0 aromatic carbocycles. The van der Waals surface area contributed by atoms with Crippen LogP contribution in [0, 0.1) is 0 Å². The van der Waals surface area contributed by atoms with E-state index in [9.17, 15) is 22.8 Å². The van der Waals surface area contributed by atoms with Crippen LogP contribution in [0.1, 0.15) is 24.2 Å². The molecule has 0 saturated heterocycles. The quantitative estimate of drug-likeness (QED) is 0.862. The van der Waals surface area contributed by atoms with Gasteiger partial charge >= 0.3 is 12.1 Å². The molecule has 0 aliphatic rings. The Morgan fingerprint density at radius 2 is 2.00 bits per heavy atom. The summed E-state index contributed by atoms with van der Waals surface area (Å²) in [5.41, 5.74) is -1.16. The number of nitrogens with one attached hydrogen (secondary N) is 1. The molecule has 0 aliphatic carbocycles. The zero-order valence-electron chi connectivity index (χ0n) is 9.15. The van der Waals surface area contributed by atoms with E-state index >= 15 is 0 Å². The molecule has 1 rings (SSSR count). The number of halogens is 3. The van der Waals surface area contributed by atoms with Crippen molar-refractivity contribution in [2.75, 3.05) is 0 Å². The normalized spacial score (nSPS) is 12.9. The zero-order chi connectivity index (χ0) is 13.9. The summed E-state index contributed by atoms with van der Waals surface area (Å²) in [6.07, 6.45) is -3.82. The molecule has 1 heterocycles. The molecule has 98 valence electrons. The fourth-order valence-corrected chi connectivity index (χ4v) is 1.23. The van der Waals surface area contributed by atoms with Crippen LogP contribution in [0.2, 0.25) is 0 Å². The molecular formula is C10H9F3N2O3. The van der Waals surface area contributed by atoms with Crippen LogP contribution in [0.25, 0.3) is 0 Å². The van der Waals surface area contributed by atoms with Gasteiger partial charge in [0, 0.05) is 18.7 Å². The predicted octanol–water partition coefficient (Wildman–Crippen LogP) is 1.36. The van der Waals surface area contributed by atoms with Gasteiger partial charge in [0.15, 0.2) is 6.04 Å². The number of hydrogen-bond acceptors (Lipinski definition) is 3. The van der Waals surface area contributed by atoms with Gasteiger partial charge in [0.05, 0.1) is 0 Å². The first-order valence-electron chi connectivity index (χ1n) is 4.75. The van der Waals surface area contributed by atoms with E-state index in [1.165, 1.54) is 0 Å². The van der Waals surface area contributed by atoms with Crippen LogP contribution in [0.3, 0.4) is 0 Å². The molecule has 0 aliphatic heterocycles. The minimum atomic E-state index is -4.59. The molecule has 0 radical (unpaired) electrons. The first kappa shape index (κ1) is 13.9. The van der Waals surface area contributed by atoms with E-state index in [1.54, 1.807) is 0 Å². The van der Waals surface area contributed by atoms with Gasteiger partial charge < -0.3 is 10.4 Å². The number of carbonyl (C=O) groups is 2. The molecule has 5 nitrogen and oxygen atoms in total. The number of hydrogen-bond donors (Lipinski definition) is 2. The fraction of sp³-hybridized carbons (Fsp3) is 0.300. The molecule has 0 saturated carbocycles. The molecule has 0 bridgehead atoms. The zero-order valence-corrected chi connectivity index (χ0v) is 9.15. The highest BCUT2D eigenvalue weighted by molar-refractivity contribution is 5.83. The van der Waals surface area contributed by atoms with Gasteiger partial charge in [0.25, 0.3) is 0 Å². The number of carboxylic acid groups (broad SMARTS) is 1. The second-order valence-electron chi connectivity index (χ2n) is 3.45. The summed E-state index contributed by atoms with van der Waals surface area (Å²) in [6.45, 7) is 1.10. The van der Waals surface area contributed by atoms with E-state index in [2.05, 4.69) is 10.3 Å². The van der Waals surface area contributed by atoms with Gasteiger partial charge in [-0.15, -0.1) is 0 Å². The second kappa shape index (κ2) is 5.03. The topological polar surface area (TPSA) is 79.3 Å². The van der Waals surface area contributed by atoms with Gasteiger partial charge in [-0.1, -0.05) is 6.07 Å². The molecule has 0 spiro atoms. The lowest BCUT2D eigenvalue weighted by Gasteiger charge is -2.14. The Labute approximate surface area is 99.6 Å². The van der Waals surface area contributed by atoms with Crippen molar-refractivity contribution in [1.82, 2.24) is 10.3 Å². The van der Waals surface area contributed by atoms with Crippen LogP contribution in [0.4, 0.5) is 13.2 Å². The van der Waals surface area contributed by atoms with Crippen molar-refractivity contribution in [3.63, 3.8) is 0 Å². The average molecular weight is 262 g/mol. The van der Waals surface area contributed by atoms with Gasteiger partial charge in [-0.2, -0.15) is 13.2 Å². The summed E-state index contributed by atoms with van der Waals surface area (Å²) < 4.78 is 36.7. The maximum absolute atomic E-state index is 12.2. The molecule has 1 aromatic heterocycles. The van der Waals surface area contributed by atoms with Crippen molar-refractivity contribution in [3.8, 4) is 0 Å². The average Bonchev–Trinajstić information content (AvgIpc) is 2.24. The first-order chi connectivity index (χ1) is 8.21. The van der Waals surface area contributed by atoms with E-state index in [1.807, 2.05) is 0 Å². The van der Waals surface area contributed by atoms with Crippen molar-refractivity contribution >= 4 is 11.9 Å². The van der Waals surface area contributed by atoms with Crippen molar-refractivity contribution in [2.45, 2.75) is 19.1 Å². The Kier molecular flexibility index (Phi) is 3.89. The number of rotatable bonds is 3. The molecular weight excluding hydrogens is 253 g/mol. The Morgan fingerprint density at radius 1 is 1.39 bits per heavy atom. The highest BCUT2D eigenvalue weighted by Crippen LogP contribution is 2.27. The van der Waals surface area contributed by atoms with Gasteiger partial charge in [-0.05, 0) is 6.07 Å². The summed E-state index contributed by atoms with van der Waals surface area (Å²) in [5.74, 6) is -1.99. The summed E-state index contributed by atoms with van der Waals surface area (Å²) in [5, 5.41) is 10.9. The minimum Gasteiger partial charge on any atom is -0.479 e. The van der Waals surface area contributed by atoms with Gasteiger partial charge in [0.2, 0.25) is 5.91 Å².